The van der Waals surface area contributed by atoms with Gasteiger partial charge in [0.05, 0.1) is 19.2 Å². The first-order valence-electron chi connectivity index (χ1n) is 7.37. The lowest BCUT2D eigenvalue weighted by atomic mass is 10.1. The summed E-state index contributed by atoms with van der Waals surface area (Å²) in [6.45, 7) is 1.85. The Labute approximate surface area is 143 Å². The second-order valence-electron chi connectivity index (χ2n) is 5.53. The minimum atomic E-state index is -0.318. The van der Waals surface area contributed by atoms with E-state index in [0.29, 0.717) is 22.0 Å². The highest BCUT2D eigenvalue weighted by atomic mass is 35.5. The number of nitrogens with one attached hydrogen (secondary N) is 2. The van der Waals surface area contributed by atoms with Crippen LogP contribution in [0.25, 0.3) is 10.9 Å². The summed E-state index contributed by atoms with van der Waals surface area (Å²) in [6, 6.07) is 7.88. The lowest BCUT2D eigenvalue weighted by Crippen LogP contribution is -2.15. The maximum atomic E-state index is 13.2. The van der Waals surface area contributed by atoms with E-state index < -0.39 is 0 Å². The number of hydrogen-bond donors (Lipinski definition) is 2. The van der Waals surface area contributed by atoms with Gasteiger partial charge in [-0.25, -0.2) is 4.39 Å². The molecule has 1 aromatic heterocycles. The number of amides is 1. The van der Waals surface area contributed by atoms with Gasteiger partial charge in [0.2, 0.25) is 5.91 Å². The molecule has 0 bridgehead atoms. The van der Waals surface area contributed by atoms with E-state index in [1.54, 1.807) is 24.4 Å². The van der Waals surface area contributed by atoms with Gasteiger partial charge in [-0.2, -0.15) is 0 Å². The number of rotatable bonds is 4. The Hall–Kier alpha value is -2.53. The molecule has 2 N–H and O–H groups in total. The number of benzene rings is 2. The molecule has 1 amide bonds. The number of aromatic nitrogens is 1. The maximum Gasteiger partial charge on any atom is 0.228 e. The summed E-state index contributed by atoms with van der Waals surface area (Å²) in [6.07, 6.45) is 1.88. The van der Waals surface area contributed by atoms with Gasteiger partial charge in [0.1, 0.15) is 11.6 Å². The van der Waals surface area contributed by atoms with E-state index in [1.165, 1.54) is 19.2 Å². The molecule has 4 nitrogen and oxygen atoms in total. The molecule has 24 heavy (non-hydrogen) atoms. The van der Waals surface area contributed by atoms with Crippen molar-refractivity contribution in [1.82, 2.24) is 4.98 Å². The fourth-order valence-corrected chi connectivity index (χ4v) is 2.76. The summed E-state index contributed by atoms with van der Waals surface area (Å²) in [5.41, 5.74) is 2.87. The molecule has 0 aliphatic rings. The number of aromatic amines is 1. The van der Waals surface area contributed by atoms with Crippen molar-refractivity contribution in [2.45, 2.75) is 13.3 Å². The van der Waals surface area contributed by atoms with Crippen LogP contribution in [0.1, 0.15) is 11.1 Å². The average molecular weight is 347 g/mol. The van der Waals surface area contributed by atoms with Gasteiger partial charge in [-0.15, -0.1) is 0 Å². The van der Waals surface area contributed by atoms with Crippen molar-refractivity contribution < 1.29 is 13.9 Å². The second kappa shape index (κ2) is 6.53. The molecule has 0 spiro atoms. The minimum Gasteiger partial charge on any atom is -0.495 e. The molecule has 124 valence electrons. The van der Waals surface area contributed by atoms with Crippen LogP contribution < -0.4 is 10.1 Å². The predicted octanol–water partition coefficient (Wildman–Crippen LogP) is 4.46. The van der Waals surface area contributed by atoms with E-state index in [1.807, 2.05) is 6.92 Å². The van der Waals surface area contributed by atoms with Crippen LogP contribution in [0.15, 0.2) is 36.5 Å². The molecule has 0 fully saturated rings. The average Bonchev–Trinajstić information content (AvgIpc) is 2.92. The molecule has 0 atom stereocenters. The highest BCUT2D eigenvalue weighted by Gasteiger charge is 2.13. The number of halogens is 2. The molecule has 0 saturated heterocycles. The van der Waals surface area contributed by atoms with E-state index in [2.05, 4.69) is 10.3 Å². The van der Waals surface area contributed by atoms with E-state index >= 15 is 0 Å². The highest BCUT2D eigenvalue weighted by molar-refractivity contribution is 6.31. The fourth-order valence-electron chi connectivity index (χ4n) is 2.60. The molecule has 0 saturated carbocycles. The van der Waals surface area contributed by atoms with E-state index in [0.717, 1.165) is 16.5 Å². The monoisotopic (exact) mass is 346 g/mol. The molecular weight excluding hydrogens is 331 g/mol. The summed E-state index contributed by atoms with van der Waals surface area (Å²) in [4.78, 5) is 15.3. The number of ether oxygens (including phenoxy) is 1. The van der Waals surface area contributed by atoms with E-state index in [4.69, 9.17) is 16.3 Å². The van der Waals surface area contributed by atoms with Gasteiger partial charge in [-0.05, 0) is 42.3 Å². The standard InChI is InChI=1S/C18H16ClFN2O2/c1-10-5-16(17(24-2)8-14(10)19)22-18(23)6-11-9-21-15-7-12(20)3-4-13(11)15/h3-5,7-9,21H,6H2,1-2H3,(H,22,23). The lowest BCUT2D eigenvalue weighted by Gasteiger charge is -2.12. The minimum absolute atomic E-state index is 0.163. The number of carbonyl (C=O) groups is 1. The Morgan fingerprint density at radius 1 is 1.33 bits per heavy atom. The lowest BCUT2D eigenvalue weighted by molar-refractivity contribution is -0.115. The summed E-state index contributed by atoms with van der Waals surface area (Å²) in [5, 5.41) is 4.23. The van der Waals surface area contributed by atoms with Crippen LogP contribution in [0, 0.1) is 12.7 Å². The molecule has 6 heteroatoms. The Morgan fingerprint density at radius 3 is 2.88 bits per heavy atom. The first-order chi connectivity index (χ1) is 11.5. The number of carbonyl (C=O) groups excluding carboxylic acids is 1. The second-order valence-corrected chi connectivity index (χ2v) is 5.94. The largest absolute Gasteiger partial charge is 0.495 e. The Balaban J connectivity index is 1.81. The van der Waals surface area contributed by atoms with Crippen molar-refractivity contribution in [1.29, 1.82) is 0 Å². The summed E-state index contributed by atoms with van der Waals surface area (Å²) in [5.74, 6) is -0.0121. The van der Waals surface area contributed by atoms with Crippen molar-refractivity contribution in [2.24, 2.45) is 0 Å². The van der Waals surface area contributed by atoms with Crippen molar-refractivity contribution in [3.8, 4) is 5.75 Å². The molecule has 3 rings (SSSR count). The molecule has 1 heterocycles. The van der Waals surface area contributed by atoms with Gasteiger partial charge in [-0.1, -0.05) is 11.6 Å². The number of hydrogen-bond acceptors (Lipinski definition) is 2. The third-order valence-corrected chi connectivity index (χ3v) is 4.24. The fraction of sp³-hybridized carbons (Fsp3) is 0.167. The molecule has 3 aromatic rings. The quantitative estimate of drug-likeness (QED) is 0.732. The third kappa shape index (κ3) is 3.21. The normalized spacial score (nSPS) is 10.8. The van der Waals surface area contributed by atoms with Crippen LogP contribution in [-0.4, -0.2) is 18.0 Å². The predicted molar refractivity (Wildman–Crippen MR) is 93.3 cm³/mol. The van der Waals surface area contributed by atoms with Crippen LogP contribution in [0.4, 0.5) is 10.1 Å². The van der Waals surface area contributed by atoms with Crippen molar-refractivity contribution in [3.63, 3.8) is 0 Å². The topological polar surface area (TPSA) is 54.1 Å². The van der Waals surface area contributed by atoms with E-state index in [-0.39, 0.29) is 18.1 Å². The van der Waals surface area contributed by atoms with Gasteiger partial charge >= 0.3 is 0 Å². The molecule has 2 aromatic carbocycles. The smallest absolute Gasteiger partial charge is 0.228 e. The zero-order valence-corrected chi connectivity index (χ0v) is 14.0. The summed E-state index contributed by atoms with van der Waals surface area (Å²) < 4.78 is 18.5. The zero-order valence-electron chi connectivity index (χ0n) is 13.2. The van der Waals surface area contributed by atoms with Gasteiger partial charge in [0, 0.05) is 28.2 Å². The number of H-pyrrole nitrogens is 1. The Morgan fingerprint density at radius 2 is 2.12 bits per heavy atom. The molecule has 0 unspecified atom stereocenters. The van der Waals surface area contributed by atoms with Gasteiger partial charge in [0.15, 0.2) is 0 Å². The Bertz CT molecular complexity index is 921. The number of anilines is 1. The van der Waals surface area contributed by atoms with Gasteiger partial charge in [-0.3, -0.25) is 4.79 Å². The zero-order chi connectivity index (χ0) is 17.3. The first kappa shape index (κ1) is 16.3. The first-order valence-corrected chi connectivity index (χ1v) is 7.75. The van der Waals surface area contributed by atoms with Crippen LogP contribution in [-0.2, 0) is 11.2 Å². The molecular formula is C18H16ClFN2O2. The van der Waals surface area contributed by atoms with Gasteiger partial charge < -0.3 is 15.0 Å². The number of fused-ring (bicyclic) bond motifs is 1. The summed E-state index contributed by atoms with van der Waals surface area (Å²) >= 11 is 6.07. The maximum absolute atomic E-state index is 13.2. The van der Waals surface area contributed by atoms with Gasteiger partial charge in [0.25, 0.3) is 0 Å². The van der Waals surface area contributed by atoms with Crippen molar-refractivity contribution in [2.75, 3.05) is 12.4 Å². The highest BCUT2D eigenvalue weighted by Crippen LogP contribution is 2.31. The van der Waals surface area contributed by atoms with Crippen molar-refractivity contribution in [3.05, 3.63) is 58.5 Å². The Kier molecular flexibility index (Phi) is 4.44. The molecule has 0 aliphatic heterocycles. The van der Waals surface area contributed by atoms with Crippen LogP contribution in [0.5, 0.6) is 5.75 Å². The van der Waals surface area contributed by atoms with Crippen LogP contribution >= 0.6 is 11.6 Å². The number of aryl methyl sites for hydroxylation is 1. The molecule has 0 radical (unpaired) electrons. The van der Waals surface area contributed by atoms with Crippen molar-refractivity contribution >= 4 is 34.1 Å². The molecule has 0 aliphatic carbocycles. The number of methoxy groups -OCH3 is 1. The third-order valence-electron chi connectivity index (χ3n) is 3.84. The van der Waals surface area contributed by atoms with E-state index in [9.17, 15) is 9.18 Å². The van der Waals surface area contributed by atoms with Crippen LogP contribution in [0.3, 0.4) is 0 Å². The van der Waals surface area contributed by atoms with Crippen LogP contribution in [0.2, 0.25) is 5.02 Å². The summed E-state index contributed by atoms with van der Waals surface area (Å²) in [7, 11) is 1.52. The SMILES string of the molecule is COc1cc(Cl)c(C)cc1NC(=O)Cc1c[nH]c2cc(F)ccc12.